The van der Waals surface area contributed by atoms with Gasteiger partial charge in [-0.2, -0.15) is 9.40 Å². The lowest BCUT2D eigenvalue weighted by Crippen LogP contribution is -2.48. The van der Waals surface area contributed by atoms with E-state index in [1.807, 2.05) is 36.8 Å². The first kappa shape index (κ1) is 23.6. The Balaban J connectivity index is 1.37. The van der Waals surface area contributed by atoms with Crippen LogP contribution in [0, 0.1) is 12.8 Å². The number of aryl methyl sites for hydroxylation is 1. The second-order valence-electron chi connectivity index (χ2n) is 9.50. The predicted octanol–water partition coefficient (Wildman–Crippen LogP) is 2.29. The molecule has 0 radical (unpaired) electrons. The molecule has 10 heteroatoms. The molecule has 5 rings (SSSR count). The number of carbonyl (C=O) groups is 1. The van der Waals surface area contributed by atoms with Crippen molar-refractivity contribution in [2.45, 2.75) is 26.4 Å². The number of amides is 1. The normalized spacial score (nSPS) is 20.3. The summed E-state index contributed by atoms with van der Waals surface area (Å²) in [6.45, 7) is 6.98. The molecule has 2 fully saturated rings. The van der Waals surface area contributed by atoms with Gasteiger partial charge >= 0.3 is 0 Å². The first-order chi connectivity index (χ1) is 16.7. The molecule has 0 bridgehead atoms. The van der Waals surface area contributed by atoms with Crippen molar-refractivity contribution in [1.29, 1.82) is 0 Å². The van der Waals surface area contributed by atoms with Gasteiger partial charge in [-0.1, -0.05) is 12.1 Å². The molecule has 186 valence electrons. The summed E-state index contributed by atoms with van der Waals surface area (Å²) in [6.07, 6.45) is 5.46. The number of nitrogens with zero attached hydrogens (tertiary/aromatic N) is 4. The topological polar surface area (TPSA) is 96.2 Å². The highest BCUT2D eigenvalue weighted by atomic mass is 32.2. The fourth-order valence-electron chi connectivity index (χ4n) is 4.88. The van der Waals surface area contributed by atoms with Crippen LogP contribution in [0.3, 0.4) is 0 Å². The van der Waals surface area contributed by atoms with E-state index in [0.717, 1.165) is 33.6 Å². The van der Waals surface area contributed by atoms with Crippen molar-refractivity contribution in [3.8, 4) is 16.9 Å². The average molecular weight is 498 g/mol. The van der Waals surface area contributed by atoms with Gasteiger partial charge in [0.05, 0.1) is 12.5 Å². The van der Waals surface area contributed by atoms with E-state index in [9.17, 15) is 13.2 Å². The summed E-state index contributed by atoms with van der Waals surface area (Å²) in [5.74, 6) is 0.963. The Kier molecular flexibility index (Phi) is 6.18. The molecule has 1 amide bonds. The largest absolute Gasteiger partial charge is 0.488 e. The second-order valence-corrected chi connectivity index (χ2v) is 11.5. The van der Waals surface area contributed by atoms with Gasteiger partial charge in [-0.15, -0.1) is 0 Å². The summed E-state index contributed by atoms with van der Waals surface area (Å²) in [5, 5.41) is 7.39. The molecule has 2 atom stereocenters. The number of rotatable bonds is 6. The van der Waals surface area contributed by atoms with Crippen LogP contribution < -0.4 is 15.0 Å². The fourth-order valence-corrected chi connectivity index (χ4v) is 5.70. The van der Waals surface area contributed by atoms with E-state index in [1.165, 1.54) is 10.6 Å². The van der Waals surface area contributed by atoms with Crippen molar-refractivity contribution in [3.63, 3.8) is 0 Å². The highest BCUT2D eigenvalue weighted by molar-refractivity contribution is 7.88. The molecule has 35 heavy (non-hydrogen) atoms. The third-order valence-corrected chi connectivity index (χ3v) is 8.32. The van der Waals surface area contributed by atoms with E-state index >= 15 is 0 Å². The van der Waals surface area contributed by atoms with Gasteiger partial charge < -0.3 is 15.0 Å². The maximum Gasteiger partial charge on any atom is 0.220 e. The van der Waals surface area contributed by atoms with Crippen molar-refractivity contribution in [1.82, 2.24) is 19.2 Å². The first-order valence-electron chi connectivity index (χ1n) is 11.9. The van der Waals surface area contributed by atoms with Gasteiger partial charge in [0.2, 0.25) is 15.9 Å². The van der Waals surface area contributed by atoms with Gasteiger partial charge in [-0.25, -0.2) is 12.9 Å². The number of fused-ring (bicyclic) bond motifs is 1. The molecule has 1 N–H and O–H groups in total. The summed E-state index contributed by atoms with van der Waals surface area (Å²) >= 11 is 0. The molecule has 3 aromatic rings. The van der Waals surface area contributed by atoms with E-state index in [-0.39, 0.29) is 17.9 Å². The molecule has 1 aromatic carbocycles. The number of ether oxygens (including phenoxy) is 1. The monoisotopic (exact) mass is 497 g/mol. The summed E-state index contributed by atoms with van der Waals surface area (Å²) < 4.78 is 33.3. The maximum atomic E-state index is 11.8. The van der Waals surface area contributed by atoms with E-state index in [2.05, 4.69) is 39.6 Å². The van der Waals surface area contributed by atoms with Gasteiger partial charge in [-0.05, 0) is 43.2 Å². The number of carbonyl (C=O) groups excluding carboxylic acids is 1. The molecule has 2 aliphatic heterocycles. The average Bonchev–Trinajstić information content (AvgIpc) is 3.44. The molecule has 2 aliphatic rings. The van der Waals surface area contributed by atoms with Crippen LogP contribution in [0.25, 0.3) is 16.6 Å². The number of aromatic nitrogens is 2. The lowest BCUT2D eigenvalue weighted by molar-refractivity contribution is -0.119. The number of piperazine rings is 1. The van der Waals surface area contributed by atoms with Gasteiger partial charge in [0, 0.05) is 62.5 Å². The van der Waals surface area contributed by atoms with Crippen LogP contribution in [0.1, 0.15) is 18.9 Å². The summed E-state index contributed by atoms with van der Waals surface area (Å²) in [5.41, 5.74) is 5.05. The molecular formula is C25H31N5O4S. The molecule has 0 saturated carbocycles. The Labute approximate surface area is 205 Å². The molecular weight excluding hydrogens is 466 g/mol. The summed E-state index contributed by atoms with van der Waals surface area (Å²) in [6, 6.07) is 10.3. The molecule has 2 saturated heterocycles. The second kappa shape index (κ2) is 9.16. The lowest BCUT2D eigenvalue weighted by Gasteiger charge is -2.34. The zero-order chi connectivity index (χ0) is 24.7. The van der Waals surface area contributed by atoms with Crippen molar-refractivity contribution >= 4 is 27.1 Å². The Morgan fingerprint density at radius 1 is 1.11 bits per heavy atom. The standard InChI is InChI=1S/C25H31N5O4S/c1-17-14-27-30-16-21(12-23(25(17)30)34-18(2)20-13-24(31)26-15-20)19-4-6-22(7-5-19)28-8-10-29(11-9-28)35(3,32)33/h4-7,12,14,16,18,20H,8-11,13,15H2,1-3H3,(H,26,31)/t18-,20-/m1/s1. The number of hydrogen-bond acceptors (Lipinski definition) is 6. The van der Waals surface area contributed by atoms with Crippen LogP contribution in [-0.4, -0.2) is 73.3 Å². The zero-order valence-corrected chi connectivity index (χ0v) is 21.1. The van der Waals surface area contributed by atoms with Crippen LogP contribution in [-0.2, 0) is 14.8 Å². The minimum absolute atomic E-state index is 0.0719. The third kappa shape index (κ3) is 4.85. The minimum Gasteiger partial charge on any atom is -0.488 e. The summed E-state index contributed by atoms with van der Waals surface area (Å²) in [4.78, 5) is 13.9. The van der Waals surface area contributed by atoms with E-state index in [1.54, 1.807) is 0 Å². The first-order valence-corrected chi connectivity index (χ1v) is 13.8. The van der Waals surface area contributed by atoms with Gasteiger partial charge in [0.15, 0.2) is 0 Å². The Bertz CT molecular complexity index is 1340. The van der Waals surface area contributed by atoms with Gasteiger partial charge in [0.25, 0.3) is 0 Å². The van der Waals surface area contributed by atoms with Crippen molar-refractivity contribution < 1.29 is 17.9 Å². The van der Waals surface area contributed by atoms with E-state index < -0.39 is 10.0 Å². The highest BCUT2D eigenvalue weighted by Gasteiger charge is 2.29. The molecule has 0 unspecified atom stereocenters. The number of hydrogen-bond donors (Lipinski definition) is 1. The fraction of sp³-hybridized carbons (Fsp3) is 0.440. The molecule has 9 nitrogen and oxygen atoms in total. The Hall–Kier alpha value is -3.11. The van der Waals surface area contributed by atoms with Crippen molar-refractivity contribution in [3.05, 3.63) is 48.3 Å². The number of sulfonamides is 1. The summed E-state index contributed by atoms with van der Waals surface area (Å²) in [7, 11) is -3.15. The Morgan fingerprint density at radius 2 is 1.83 bits per heavy atom. The predicted molar refractivity (Wildman–Crippen MR) is 135 cm³/mol. The van der Waals surface area contributed by atoms with Gasteiger partial charge in [0.1, 0.15) is 17.4 Å². The minimum atomic E-state index is -3.15. The van der Waals surface area contributed by atoms with Gasteiger partial charge in [-0.3, -0.25) is 4.79 Å². The SMILES string of the molecule is Cc1cnn2cc(-c3ccc(N4CCN(S(C)(=O)=O)CC4)cc3)cc(O[C@H](C)[C@H]3CNC(=O)C3)c12. The quantitative estimate of drug-likeness (QED) is 0.562. The molecule has 2 aromatic heterocycles. The number of nitrogens with one attached hydrogen (secondary N) is 1. The molecule has 4 heterocycles. The van der Waals surface area contributed by atoms with E-state index in [0.29, 0.717) is 39.1 Å². The number of anilines is 1. The zero-order valence-electron chi connectivity index (χ0n) is 20.3. The van der Waals surface area contributed by atoms with Crippen LogP contribution >= 0.6 is 0 Å². The number of benzene rings is 1. The van der Waals surface area contributed by atoms with Crippen LogP contribution in [0.15, 0.2) is 42.7 Å². The van der Waals surface area contributed by atoms with E-state index in [4.69, 9.17) is 4.74 Å². The third-order valence-electron chi connectivity index (χ3n) is 7.02. The van der Waals surface area contributed by atoms with Crippen molar-refractivity contribution in [2.75, 3.05) is 43.9 Å². The van der Waals surface area contributed by atoms with Crippen LogP contribution in [0.4, 0.5) is 5.69 Å². The number of pyridine rings is 1. The highest BCUT2D eigenvalue weighted by Crippen LogP contribution is 2.33. The smallest absolute Gasteiger partial charge is 0.220 e. The Morgan fingerprint density at radius 3 is 2.46 bits per heavy atom. The molecule has 0 aliphatic carbocycles. The maximum absolute atomic E-state index is 11.8. The van der Waals surface area contributed by atoms with Crippen molar-refractivity contribution in [2.24, 2.45) is 5.92 Å². The molecule has 0 spiro atoms. The van der Waals surface area contributed by atoms with Crippen LogP contribution in [0.2, 0.25) is 0 Å². The van der Waals surface area contributed by atoms with Crippen LogP contribution in [0.5, 0.6) is 5.75 Å². The lowest BCUT2D eigenvalue weighted by atomic mass is 10.0.